The standard InChI is InChI=1S/C40H47FN8O5/c1-51-14-15-53-29-8-3-6-25(17-29)39-49-34-11-10-24(31(42)22-43-21-28-7-5-13-48(28)47-40(50)52-2)16-27(34)19-35(49)37-30(41)18-26(20-36(37)54-39)33-23-45-38(46-33)32-9-4-12-44-32/h3,6,8,10,16-20,22-23,28,32,34,39,43-44H,4-5,7,9,11-15,21,42H2,1-2H3,(H,45,46)(H,47,50)/b31-22-. The lowest BCUT2D eigenvalue weighted by molar-refractivity contribution is 0.0423. The van der Waals surface area contributed by atoms with Crippen LogP contribution >= 0.6 is 0 Å². The number of benzene rings is 2. The van der Waals surface area contributed by atoms with E-state index in [4.69, 9.17) is 24.7 Å². The highest BCUT2D eigenvalue weighted by Crippen LogP contribution is 2.52. The summed E-state index contributed by atoms with van der Waals surface area (Å²) in [6.07, 6.45) is 13.5. The number of nitrogens with two attached hydrogens (primary N) is 1. The van der Waals surface area contributed by atoms with Crippen molar-refractivity contribution in [2.75, 3.05) is 47.1 Å². The van der Waals surface area contributed by atoms with Gasteiger partial charge in [-0.2, -0.15) is 0 Å². The average Bonchev–Trinajstić information content (AvgIpc) is 4.02. The maximum atomic E-state index is 16.5. The first-order chi connectivity index (χ1) is 26.4. The number of methoxy groups -OCH3 is 2. The summed E-state index contributed by atoms with van der Waals surface area (Å²) in [5, 5.41) is 8.71. The van der Waals surface area contributed by atoms with Gasteiger partial charge < -0.3 is 45.2 Å². The second-order valence-electron chi connectivity index (χ2n) is 14.1. The zero-order chi connectivity index (χ0) is 37.2. The van der Waals surface area contributed by atoms with Crippen molar-refractivity contribution in [3.63, 3.8) is 0 Å². The maximum Gasteiger partial charge on any atom is 0.421 e. The monoisotopic (exact) mass is 738 g/mol. The van der Waals surface area contributed by atoms with E-state index >= 15 is 4.39 Å². The first-order valence-electron chi connectivity index (χ1n) is 18.6. The lowest BCUT2D eigenvalue weighted by Gasteiger charge is -2.42. The van der Waals surface area contributed by atoms with Gasteiger partial charge in [0.2, 0.25) is 0 Å². The molecule has 2 aromatic carbocycles. The summed E-state index contributed by atoms with van der Waals surface area (Å²) < 4.78 is 39.2. The molecular weight excluding hydrogens is 691 g/mol. The number of carbonyl (C=O) groups is 1. The Morgan fingerprint density at radius 3 is 2.91 bits per heavy atom. The molecule has 0 radical (unpaired) electrons. The van der Waals surface area contributed by atoms with Crippen LogP contribution < -0.4 is 31.3 Å². The molecule has 5 heterocycles. The van der Waals surface area contributed by atoms with E-state index in [0.29, 0.717) is 54.5 Å². The number of rotatable bonds is 12. The number of imidazole rings is 1. The Hall–Kier alpha value is -5.31. The minimum absolute atomic E-state index is 0.106. The van der Waals surface area contributed by atoms with Crippen molar-refractivity contribution in [1.29, 1.82) is 0 Å². The Kier molecular flexibility index (Phi) is 10.3. The van der Waals surface area contributed by atoms with E-state index in [1.54, 1.807) is 19.4 Å². The number of fused-ring (bicyclic) bond motifs is 5. The molecule has 1 amide bonds. The van der Waals surface area contributed by atoms with E-state index < -0.39 is 12.3 Å². The van der Waals surface area contributed by atoms with Crippen LogP contribution in [0.2, 0.25) is 0 Å². The van der Waals surface area contributed by atoms with Crippen LogP contribution in [0.25, 0.3) is 17.0 Å². The zero-order valence-electron chi connectivity index (χ0n) is 30.6. The third kappa shape index (κ3) is 7.16. The maximum absolute atomic E-state index is 16.5. The van der Waals surface area contributed by atoms with Crippen LogP contribution in [-0.2, 0) is 9.47 Å². The fraction of sp³-hybridized carbons (Fsp3) is 0.400. The molecule has 2 saturated heterocycles. The van der Waals surface area contributed by atoms with Crippen LogP contribution in [0.15, 0.2) is 83.9 Å². The molecule has 0 saturated carbocycles. The molecule has 2 fully saturated rings. The van der Waals surface area contributed by atoms with Gasteiger partial charge in [-0.15, -0.1) is 0 Å². The molecule has 0 spiro atoms. The number of hydrazine groups is 1. The SMILES string of the molecule is COCCOc1cccc(C2Oc3cc(-c4cnc(C5CCCN5)[nH]4)cc(F)c3C3=CC4=CC(/C(N)=C/NCC5CCCN5NC(=O)OC)=CCC4N32)c1. The summed E-state index contributed by atoms with van der Waals surface area (Å²) in [6.45, 7) is 3.20. The first-order valence-corrected chi connectivity index (χ1v) is 18.6. The van der Waals surface area contributed by atoms with E-state index in [1.807, 2.05) is 41.5 Å². The molecule has 4 unspecified atom stereocenters. The Labute approximate surface area is 314 Å². The van der Waals surface area contributed by atoms with Crippen molar-refractivity contribution in [3.05, 3.63) is 107 Å². The quantitative estimate of drug-likeness (QED) is 0.157. The molecule has 6 N–H and O–H groups in total. The number of halogens is 1. The molecule has 0 bridgehead atoms. The number of H-pyrrole nitrogens is 1. The summed E-state index contributed by atoms with van der Waals surface area (Å²) in [4.78, 5) is 22.0. The molecule has 5 aliphatic rings. The number of hydrogen-bond donors (Lipinski definition) is 5. The van der Waals surface area contributed by atoms with Crippen LogP contribution in [0.3, 0.4) is 0 Å². The predicted molar refractivity (Wildman–Crippen MR) is 201 cm³/mol. The number of carbonyl (C=O) groups excluding carboxylic acids is 1. The van der Waals surface area contributed by atoms with Crippen molar-refractivity contribution in [1.82, 2.24) is 35.9 Å². The van der Waals surface area contributed by atoms with Crippen molar-refractivity contribution < 1.29 is 28.1 Å². The Balaban J connectivity index is 1.08. The van der Waals surface area contributed by atoms with E-state index in [0.717, 1.165) is 72.7 Å². The van der Waals surface area contributed by atoms with Gasteiger partial charge in [-0.05, 0) is 86.2 Å². The lowest BCUT2D eigenvalue weighted by Crippen LogP contribution is -2.48. The highest BCUT2D eigenvalue weighted by molar-refractivity contribution is 5.80. The molecule has 1 aliphatic carbocycles. The van der Waals surface area contributed by atoms with Gasteiger partial charge in [-0.1, -0.05) is 18.2 Å². The van der Waals surface area contributed by atoms with Crippen LogP contribution in [0.4, 0.5) is 9.18 Å². The number of aromatic nitrogens is 2. The molecule has 14 heteroatoms. The molecule has 3 aromatic rings. The molecule has 8 rings (SSSR count). The van der Waals surface area contributed by atoms with Crippen molar-refractivity contribution in [2.24, 2.45) is 5.73 Å². The normalized spacial score (nSPS) is 23.4. The molecule has 1 aromatic heterocycles. The summed E-state index contributed by atoms with van der Waals surface area (Å²) >= 11 is 0. The van der Waals surface area contributed by atoms with E-state index in [-0.39, 0.29) is 23.9 Å². The van der Waals surface area contributed by atoms with Crippen LogP contribution in [-0.4, -0.2) is 85.1 Å². The fourth-order valence-corrected chi connectivity index (χ4v) is 8.02. The predicted octanol–water partition coefficient (Wildman–Crippen LogP) is 5.16. The van der Waals surface area contributed by atoms with Gasteiger partial charge in [0.1, 0.15) is 29.7 Å². The largest absolute Gasteiger partial charge is 0.491 e. The summed E-state index contributed by atoms with van der Waals surface area (Å²) in [5.41, 5.74) is 15.4. The Bertz CT molecular complexity index is 2000. The van der Waals surface area contributed by atoms with E-state index in [2.05, 4.69) is 49.2 Å². The zero-order valence-corrected chi connectivity index (χ0v) is 30.6. The number of hydrogen-bond acceptors (Lipinski definition) is 11. The minimum atomic E-state index is -0.558. The van der Waals surface area contributed by atoms with Gasteiger partial charge in [0.15, 0.2) is 6.23 Å². The summed E-state index contributed by atoms with van der Waals surface area (Å²) in [6, 6.07) is 11.5. The molecule has 13 nitrogen and oxygen atoms in total. The van der Waals surface area contributed by atoms with Gasteiger partial charge in [0.25, 0.3) is 0 Å². The minimum Gasteiger partial charge on any atom is -0.491 e. The topological polar surface area (TPSA) is 151 Å². The highest BCUT2D eigenvalue weighted by atomic mass is 19.1. The second-order valence-corrected chi connectivity index (χ2v) is 14.1. The van der Waals surface area contributed by atoms with E-state index in [9.17, 15) is 4.79 Å². The number of nitrogens with one attached hydrogen (secondary N) is 4. The van der Waals surface area contributed by atoms with Crippen LogP contribution in [0, 0.1) is 5.82 Å². The Morgan fingerprint density at radius 2 is 2.07 bits per heavy atom. The number of amides is 1. The van der Waals surface area contributed by atoms with Gasteiger partial charge in [0.05, 0.1) is 54.6 Å². The fourth-order valence-electron chi connectivity index (χ4n) is 8.02. The number of allylic oxidation sites excluding steroid dienone is 1. The van der Waals surface area contributed by atoms with E-state index in [1.165, 1.54) is 7.11 Å². The third-order valence-electron chi connectivity index (χ3n) is 10.7. The average molecular weight is 739 g/mol. The summed E-state index contributed by atoms with van der Waals surface area (Å²) in [5.74, 6) is 1.64. The summed E-state index contributed by atoms with van der Waals surface area (Å²) in [7, 11) is 3.00. The van der Waals surface area contributed by atoms with Gasteiger partial charge in [-0.3, -0.25) is 5.43 Å². The van der Waals surface area contributed by atoms with Crippen molar-refractivity contribution >= 4 is 11.8 Å². The number of nitrogens with zero attached hydrogens (tertiary/aromatic N) is 3. The van der Waals surface area contributed by atoms with Gasteiger partial charge in [0, 0.05) is 43.6 Å². The van der Waals surface area contributed by atoms with Crippen LogP contribution in [0.1, 0.15) is 61.3 Å². The van der Waals surface area contributed by atoms with Gasteiger partial charge >= 0.3 is 6.09 Å². The first kappa shape index (κ1) is 35.7. The lowest BCUT2D eigenvalue weighted by atomic mass is 9.94. The number of aromatic amines is 1. The molecule has 4 aliphatic heterocycles. The Morgan fingerprint density at radius 1 is 1.17 bits per heavy atom. The molecule has 54 heavy (non-hydrogen) atoms. The molecule has 4 atom stereocenters. The second kappa shape index (κ2) is 15.6. The van der Waals surface area contributed by atoms with Crippen molar-refractivity contribution in [2.45, 2.75) is 56.5 Å². The highest BCUT2D eigenvalue weighted by Gasteiger charge is 2.44. The third-order valence-corrected chi connectivity index (χ3v) is 10.7. The number of ether oxygens (including phenoxy) is 4. The smallest absolute Gasteiger partial charge is 0.421 e. The van der Waals surface area contributed by atoms with Crippen molar-refractivity contribution in [3.8, 4) is 22.8 Å². The molecular formula is C40H47FN8O5. The molecule has 284 valence electrons. The van der Waals surface area contributed by atoms with Crippen LogP contribution in [0.5, 0.6) is 11.5 Å². The van der Waals surface area contributed by atoms with Gasteiger partial charge in [-0.25, -0.2) is 19.2 Å².